The minimum absolute atomic E-state index is 0.586. The van der Waals surface area contributed by atoms with E-state index in [9.17, 15) is 0 Å². The molecule has 0 atom stereocenters. The monoisotopic (exact) mass is 691 g/mol. The molecule has 0 aliphatic heterocycles. The van der Waals surface area contributed by atoms with Gasteiger partial charge in [0.25, 0.3) is 0 Å². The lowest BCUT2D eigenvalue weighted by molar-refractivity contribution is 0.669. The van der Waals surface area contributed by atoms with Crippen molar-refractivity contribution in [3.63, 3.8) is 0 Å². The van der Waals surface area contributed by atoms with Gasteiger partial charge in [-0.05, 0) is 81.4 Å². The molecular formula is C50H33N3O. The predicted octanol–water partition coefficient (Wildman–Crippen LogP) is 13.2. The third-order valence-corrected chi connectivity index (χ3v) is 10.2. The fourth-order valence-corrected chi connectivity index (χ4v) is 7.35. The maximum absolute atomic E-state index is 6.55. The molecule has 0 N–H and O–H groups in total. The molecule has 0 aliphatic carbocycles. The molecule has 10 rings (SSSR count). The van der Waals surface area contributed by atoms with Crippen LogP contribution < -0.4 is 0 Å². The quantitative estimate of drug-likeness (QED) is 0.174. The molecule has 10 aromatic rings. The van der Waals surface area contributed by atoms with E-state index in [1.165, 1.54) is 22.1 Å². The summed E-state index contributed by atoms with van der Waals surface area (Å²) in [6.45, 7) is 2.10. The van der Waals surface area contributed by atoms with E-state index in [1.54, 1.807) is 0 Å². The van der Waals surface area contributed by atoms with Gasteiger partial charge < -0.3 is 4.42 Å². The van der Waals surface area contributed by atoms with E-state index >= 15 is 0 Å². The van der Waals surface area contributed by atoms with Crippen molar-refractivity contribution >= 4 is 32.7 Å². The Bertz CT molecular complexity index is 2980. The lowest BCUT2D eigenvalue weighted by Gasteiger charge is -2.10. The molecular weight excluding hydrogens is 659 g/mol. The van der Waals surface area contributed by atoms with Gasteiger partial charge in [0.2, 0.25) is 0 Å². The van der Waals surface area contributed by atoms with Crippen molar-refractivity contribution in [2.24, 2.45) is 0 Å². The minimum Gasteiger partial charge on any atom is -0.456 e. The van der Waals surface area contributed by atoms with Crippen molar-refractivity contribution in [3.05, 3.63) is 188 Å². The van der Waals surface area contributed by atoms with Gasteiger partial charge in [0.1, 0.15) is 11.2 Å². The van der Waals surface area contributed by atoms with Crippen LogP contribution in [0.2, 0.25) is 0 Å². The van der Waals surface area contributed by atoms with Crippen LogP contribution in [-0.4, -0.2) is 15.0 Å². The number of furan rings is 1. The van der Waals surface area contributed by atoms with Gasteiger partial charge in [-0.25, -0.2) is 15.0 Å². The second-order valence-electron chi connectivity index (χ2n) is 13.8. The molecule has 0 amide bonds. The Morgan fingerprint density at radius 3 is 1.67 bits per heavy atom. The first-order chi connectivity index (χ1) is 26.6. The summed E-state index contributed by atoms with van der Waals surface area (Å²) in [5.74, 6) is 1.82. The number of fused-ring (bicyclic) bond motifs is 4. The van der Waals surface area contributed by atoms with E-state index in [-0.39, 0.29) is 0 Å². The highest BCUT2D eigenvalue weighted by atomic mass is 16.3. The highest BCUT2D eigenvalue weighted by Gasteiger charge is 2.17. The molecule has 0 spiro atoms. The summed E-state index contributed by atoms with van der Waals surface area (Å²) in [4.78, 5) is 15.3. The highest BCUT2D eigenvalue weighted by Crippen LogP contribution is 2.39. The Morgan fingerprint density at radius 1 is 0.352 bits per heavy atom. The first-order valence-electron chi connectivity index (χ1n) is 18.2. The topological polar surface area (TPSA) is 51.8 Å². The summed E-state index contributed by atoms with van der Waals surface area (Å²) in [5.41, 5.74) is 12.5. The fraction of sp³-hybridized carbons (Fsp3) is 0.0200. The zero-order valence-corrected chi connectivity index (χ0v) is 29.6. The first-order valence-corrected chi connectivity index (χ1v) is 18.2. The van der Waals surface area contributed by atoms with Gasteiger partial charge in [0.15, 0.2) is 17.5 Å². The highest BCUT2D eigenvalue weighted by molar-refractivity contribution is 6.13. The largest absolute Gasteiger partial charge is 0.456 e. The lowest BCUT2D eigenvalue weighted by atomic mass is 9.96. The van der Waals surface area contributed by atoms with Crippen molar-refractivity contribution in [3.8, 4) is 67.5 Å². The van der Waals surface area contributed by atoms with Crippen LogP contribution in [0.4, 0.5) is 0 Å². The standard InChI is InChI=1S/C50H33N3O/c1-32-17-19-36(20-18-32)39-13-7-14-40(29-39)48-51-49(41-26-23-34-11-5-6-12-38(34)30-41)53-50(52-48)42-27-28-44-46(31-42)54-45-16-8-15-43(47(44)45)37-24-21-35(22-25-37)33-9-3-2-4-10-33/h2-31H,1H3. The Morgan fingerprint density at radius 2 is 0.889 bits per heavy atom. The summed E-state index contributed by atoms with van der Waals surface area (Å²) in [6.07, 6.45) is 0. The van der Waals surface area contributed by atoms with E-state index in [1.807, 2.05) is 12.1 Å². The van der Waals surface area contributed by atoms with E-state index < -0.39 is 0 Å². The number of benzene rings is 8. The number of hydrogen-bond donors (Lipinski definition) is 0. The van der Waals surface area contributed by atoms with Crippen LogP contribution in [0.5, 0.6) is 0 Å². The van der Waals surface area contributed by atoms with Crippen LogP contribution in [0.25, 0.3) is 100 Å². The van der Waals surface area contributed by atoms with E-state index in [4.69, 9.17) is 19.4 Å². The molecule has 0 bridgehead atoms. The SMILES string of the molecule is Cc1ccc(-c2cccc(-c3nc(-c4ccc5ccccc5c4)nc(-c4ccc5c(c4)oc4cccc(-c6ccc(-c7ccccc7)cc6)c45)n3)c2)cc1. The average molecular weight is 692 g/mol. The zero-order valence-electron chi connectivity index (χ0n) is 29.6. The summed E-state index contributed by atoms with van der Waals surface area (Å²) in [5, 5.41) is 4.44. The summed E-state index contributed by atoms with van der Waals surface area (Å²) < 4.78 is 6.55. The van der Waals surface area contributed by atoms with Gasteiger partial charge in [0.05, 0.1) is 0 Å². The van der Waals surface area contributed by atoms with Crippen LogP contribution in [0.15, 0.2) is 186 Å². The third-order valence-electron chi connectivity index (χ3n) is 10.2. The Labute approximate surface area is 313 Å². The van der Waals surface area contributed by atoms with Crippen LogP contribution >= 0.6 is 0 Å². The number of aromatic nitrogens is 3. The van der Waals surface area contributed by atoms with Gasteiger partial charge >= 0.3 is 0 Å². The average Bonchev–Trinajstić information content (AvgIpc) is 3.62. The number of rotatable bonds is 6. The van der Waals surface area contributed by atoms with Crippen molar-refractivity contribution in [1.29, 1.82) is 0 Å². The second-order valence-corrected chi connectivity index (χ2v) is 13.8. The minimum atomic E-state index is 0.586. The van der Waals surface area contributed by atoms with Crippen molar-refractivity contribution in [2.45, 2.75) is 6.92 Å². The van der Waals surface area contributed by atoms with E-state index in [0.29, 0.717) is 17.5 Å². The molecule has 0 fully saturated rings. The van der Waals surface area contributed by atoms with Crippen LogP contribution in [0, 0.1) is 6.92 Å². The number of hydrogen-bond acceptors (Lipinski definition) is 4. The molecule has 4 heteroatoms. The summed E-state index contributed by atoms with van der Waals surface area (Å²) in [7, 11) is 0. The maximum atomic E-state index is 6.55. The summed E-state index contributed by atoms with van der Waals surface area (Å²) in [6, 6.07) is 63.5. The molecule has 0 saturated heterocycles. The molecule has 0 saturated carbocycles. The van der Waals surface area contributed by atoms with Gasteiger partial charge in [-0.15, -0.1) is 0 Å². The molecule has 2 aromatic heterocycles. The van der Waals surface area contributed by atoms with Gasteiger partial charge in [-0.1, -0.05) is 157 Å². The zero-order chi connectivity index (χ0) is 36.0. The molecule has 0 aliphatic rings. The van der Waals surface area contributed by atoms with Gasteiger partial charge in [-0.2, -0.15) is 0 Å². The summed E-state index contributed by atoms with van der Waals surface area (Å²) >= 11 is 0. The maximum Gasteiger partial charge on any atom is 0.164 e. The lowest BCUT2D eigenvalue weighted by Crippen LogP contribution is -2.00. The third kappa shape index (κ3) is 5.80. The molecule has 54 heavy (non-hydrogen) atoms. The first kappa shape index (κ1) is 31.6. The molecule has 0 radical (unpaired) electrons. The molecule has 0 unspecified atom stereocenters. The van der Waals surface area contributed by atoms with E-state index in [0.717, 1.165) is 66.3 Å². The number of nitrogens with zero attached hydrogens (tertiary/aromatic N) is 3. The van der Waals surface area contributed by atoms with Crippen LogP contribution in [-0.2, 0) is 0 Å². The molecule has 8 aromatic carbocycles. The van der Waals surface area contributed by atoms with Crippen molar-refractivity contribution in [1.82, 2.24) is 15.0 Å². The molecule has 4 nitrogen and oxygen atoms in total. The Balaban J connectivity index is 1.09. The van der Waals surface area contributed by atoms with Crippen molar-refractivity contribution in [2.75, 3.05) is 0 Å². The Kier molecular flexibility index (Phi) is 7.66. The Hall–Kier alpha value is -7.17. The van der Waals surface area contributed by atoms with E-state index in [2.05, 4.69) is 177 Å². The van der Waals surface area contributed by atoms with Gasteiger partial charge in [-0.3, -0.25) is 0 Å². The van der Waals surface area contributed by atoms with Gasteiger partial charge in [0, 0.05) is 27.5 Å². The normalized spacial score (nSPS) is 11.4. The van der Waals surface area contributed by atoms with Crippen molar-refractivity contribution < 1.29 is 4.42 Å². The van der Waals surface area contributed by atoms with Crippen LogP contribution in [0.3, 0.4) is 0 Å². The number of aryl methyl sites for hydroxylation is 1. The fourth-order valence-electron chi connectivity index (χ4n) is 7.35. The van der Waals surface area contributed by atoms with Crippen LogP contribution in [0.1, 0.15) is 5.56 Å². The molecule has 254 valence electrons. The smallest absolute Gasteiger partial charge is 0.164 e. The molecule has 2 heterocycles. The predicted molar refractivity (Wildman–Crippen MR) is 222 cm³/mol. The second kappa shape index (κ2) is 13.1.